The van der Waals surface area contributed by atoms with Gasteiger partial charge in [0.25, 0.3) is 5.91 Å². The maximum atomic E-state index is 12.5. The summed E-state index contributed by atoms with van der Waals surface area (Å²) in [6.45, 7) is 2.06. The molecule has 0 radical (unpaired) electrons. The first-order chi connectivity index (χ1) is 12.8. The van der Waals surface area contributed by atoms with Gasteiger partial charge in [-0.15, -0.1) is 11.3 Å². The molecule has 5 nitrogen and oxygen atoms in total. The van der Waals surface area contributed by atoms with Crippen molar-refractivity contribution in [1.29, 1.82) is 0 Å². The van der Waals surface area contributed by atoms with Gasteiger partial charge in [0.1, 0.15) is 0 Å². The molecule has 0 unspecified atom stereocenters. The van der Waals surface area contributed by atoms with Gasteiger partial charge in [-0.05, 0) is 54.3 Å². The molecular weight excluding hydrogens is 404 g/mol. The Hall–Kier alpha value is -2.19. The monoisotopic (exact) mass is 420 g/mol. The molecule has 1 aromatic heterocycles. The normalized spacial score (nSPS) is 11.3. The molecule has 27 heavy (non-hydrogen) atoms. The van der Waals surface area contributed by atoms with E-state index in [1.807, 2.05) is 24.4 Å². The second kappa shape index (κ2) is 8.22. The molecule has 2 aromatic carbocycles. The Balaban J connectivity index is 1.78. The number of nitrogens with one attached hydrogen (secondary N) is 2. The lowest BCUT2D eigenvalue weighted by Crippen LogP contribution is -2.23. The SMILES string of the molecule is Cc1ccc(Cl)cc1NC(=O)c1cccc(S(=O)(=O)NCc2cccs2)c1. The minimum Gasteiger partial charge on any atom is -0.322 e. The maximum absolute atomic E-state index is 12.5. The summed E-state index contributed by atoms with van der Waals surface area (Å²) in [7, 11) is -3.72. The van der Waals surface area contributed by atoms with E-state index in [0.717, 1.165) is 10.4 Å². The number of amides is 1. The summed E-state index contributed by atoms with van der Waals surface area (Å²) in [5.41, 5.74) is 1.68. The van der Waals surface area contributed by atoms with Crippen LogP contribution in [0.15, 0.2) is 64.9 Å². The van der Waals surface area contributed by atoms with E-state index in [9.17, 15) is 13.2 Å². The van der Waals surface area contributed by atoms with Crippen LogP contribution in [-0.4, -0.2) is 14.3 Å². The molecule has 0 aliphatic heterocycles. The zero-order valence-corrected chi connectivity index (χ0v) is 16.8. The fourth-order valence-corrected chi connectivity index (χ4v) is 4.35. The molecule has 0 atom stereocenters. The molecule has 2 N–H and O–H groups in total. The third-order valence-electron chi connectivity index (χ3n) is 3.87. The summed E-state index contributed by atoms with van der Waals surface area (Å²) in [5.74, 6) is -0.407. The zero-order chi connectivity index (χ0) is 19.4. The molecule has 0 aliphatic rings. The smallest absolute Gasteiger partial charge is 0.255 e. The number of anilines is 1. The lowest BCUT2D eigenvalue weighted by Gasteiger charge is -2.10. The van der Waals surface area contributed by atoms with Crippen LogP contribution in [0, 0.1) is 6.92 Å². The summed E-state index contributed by atoms with van der Waals surface area (Å²) in [6.07, 6.45) is 0. The average Bonchev–Trinajstić information content (AvgIpc) is 3.17. The van der Waals surface area contributed by atoms with Crippen LogP contribution in [0.3, 0.4) is 0 Å². The summed E-state index contributed by atoms with van der Waals surface area (Å²) in [6, 6.07) is 14.8. The number of sulfonamides is 1. The third kappa shape index (κ3) is 4.95. The number of rotatable bonds is 6. The number of hydrogen-bond acceptors (Lipinski definition) is 4. The Bertz CT molecular complexity index is 1060. The van der Waals surface area contributed by atoms with E-state index < -0.39 is 15.9 Å². The van der Waals surface area contributed by atoms with Gasteiger partial charge >= 0.3 is 0 Å². The van der Waals surface area contributed by atoms with Gasteiger partial charge in [0.2, 0.25) is 10.0 Å². The lowest BCUT2D eigenvalue weighted by atomic mass is 10.1. The van der Waals surface area contributed by atoms with Gasteiger partial charge < -0.3 is 5.32 Å². The van der Waals surface area contributed by atoms with Crippen LogP contribution in [0.1, 0.15) is 20.8 Å². The van der Waals surface area contributed by atoms with E-state index >= 15 is 0 Å². The lowest BCUT2D eigenvalue weighted by molar-refractivity contribution is 0.102. The molecule has 0 aliphatic carbocycles. The fraction of sp³-hybridized carbons (Fsp3) is 0.105. The van der Waals surface area contributed by atoms with Crippen LogP contribution in [0.4, 0.5) is 5.69 Å². The summed E-state index contributed by atoms with van der Waals surface area (Å²) in [5, 5.41) is 5.15. The number of thiophene rings is 1. The van der Waals surface area contributed by atoms with Gasteiger partial charge in [-0.1, -0.05) is 29.8 Å². The molecule has 0 saturated carbocycles. The Morgan fingerprint density at radius 1 is 1.11 bits per heavy atom. The highest BCUT2D eigenvalue weighted by Crippen LogP contribution is 2.21. The van der Waals surface area contributed by atoms with Crippen molar-refractivity contribution in [3.63, 3.8) is 0 Å². The van der Waals surface area contributed by atoms with Crippen molar-refractivity contribution in [3.05, 3.63) is 81.0 Å². The number of carbonyl (C=O) groups is 1. The van der Waals surface area contributed by atoms with Crippen molar-refractivity contribution in [3.8, 4) is 0 Å². The fourth-order valence-electron chi connectivity index (χ4n) is 2.39. The highest BCUT2D eigenvalue weighted by Gasteiger charge is 2.17. The van der Waals surface area contributed by atoms with Crippen molar-refractivity contribution in [2.45, 2.75) is 18.4 Å². The molecule has 3 rings (SSSR count). The first kappa shape index (κ1) is 19.6. The molecule has 1 amide bonds. The quantitative estimate of drug-likeness (QED) is 0.619. The first-order valence-corrected chi connectivity index (χ1v) is 10.8. The molecule has 0 saturated heterocycles. The van der Waals surface area contributed by atoms with E-state index in [4.69, 9.17) is 11.6 Å². The van der Waals surface area contributed by atoms with Crippen molar-refractivity contribution in [2.24, 2.45) is 0 Å². The Labute approximate surface area is 167 Å². The van der Waals surface area contributed by atoms with Gasteiger partial charge in [-0.25, -0.2) is 13.1 Å². The van der Waals surface area contributed by atoms with Gasteiger partial charge in [-0.2, -0.15) is 0 Å². The van der Waals surface area contributed by atoms with E-state index in [1.54, 1.807) is 30.3 Å². The van der Waals surface area contributed by atoms with Gasteiger partial charge in [0, 0.05) is 27.7 Å². The van der Waals surface area contributed by atoms with Crippen LogP contribution in [-0.2, 0) is 16.6 Å². The van der Waals surface area contributed by atoms with Crippen molar-refractivity contribution < 1.29 is 13.2 Å². The van der Waals surface area contributed by atoms with E-state index in [0.29, 0.717) is 10.7 Å². The number of aryl methyl sites for hydroxylation is 1. The molecule has 3 aromatic rings. The average molecular weight is 421 g/mol. The van der Waals surface area contributed by atoms with Crippen LogP contribution >= 0.6 is 22.9 Å². The van der Waals surface area contributed by atoms with Crippen LogP contribution in [0.25, 0.3) is 0 Å². The van der Waals surface area contributed by atoms with Crippen molar-refractivity contribution in [1.82, 2.24) is 4.72 Å². The van der Waals surface area contributed by atoms with E-state index in [1.165, 1.54) is 23.5 Å². The predicted octanol–water partition coefficient (Wildman–Crippen LogP) is 4.44. The minimum absolute atomic E-state index is 0.0366. The Kier molecular flexibility index (Phi) is 5.96. The third-order valence-corrected chi connectivity index (χ3v) is 6.38. The van der Waals surface area contributed by atoms with Crippen LogP contribution in [0.2, 0.25) is 5.02 Å². The number of benzene rings is 2. The molecule has 0 spiro atoms. The standard InChI is InChI=1S/C19H17ClN2O3S2/c1-13-7-8-15(20)11-18(13)22-19(23)14-4-2-6-17(10-14)27(24,25)21-12-16-5-3-9-26-16/h2-11,21H,12H2,1H3,(H,22,23). The van der Waals surface area contributed by atoms with Gasteiger partial charge in [0.05, 0.1) is 4.90 Å². The van der Waals surface area contributed by atoms with E-state index in [2.05, 4.69) is 10.0 Å². The number of hydrogen-bond donors (Lipinski definition) is 2. The largest absolute Gasteiger partial charge is 0.322 e. The van der Waals surface area contributed by atoms with Crippen LogP contribution < -0.4 is 10.0 Å². The molecular formula is C19H17ClN2O3S2. The van der Waals surface area contributed by atoms with Crippen molar-refractivity contribution in [2.75, 3.05) is 5.32 Å². The zero-order valence-electron chi connectivity index (χ0n) is 14.4. The second-order valence-corrected chi connectivity index (χ2v) is 9.08. The number of carbonyl (C=O) groups excluding carboxylic acids is 1. The first-order valence-electron chi connectivity index (χ1n) is 8.05. The number of halogens is 1. The minimum atomic E-state index is -3.72. The van der Waals surface area contributed by atoms with Crippen molar-refractivity contribution >= 4 is 44.6 Å². The highest BCUT2D eigenvalue weighted by molar-refractivity contribution is 7.89. The summed E-state index contributed by atoms with van der Waals surface area (Å²) in [4.78, 5) is 13.5. The molecule has 8 heteroatoms. The van der Waals surface area contributed by atoms with Gasteiger partial charge in [-0.3, -0.25) is 4.79 Å². The summed E-state index contributed by atoms with van der Waals surface area (Å²) < 4.78 is 27.6. The molecule has 1 heterocycles. The molecule has 140 valence electrons. The Morgan fingerprint density at radius 3 is 2.67 bits per heavy atom. The molecule has 0 fully saturated rings. The Morgan fingerprint density at radius 2 is 1.93 bits per heavy atom. The van der Waals surface area contributed by atoms with Gasteiger partial charge in [0.15, 0.2) is 0 Å². The molecule has 0 bridgehead atoms. The van der Waals surface area contributed by atoms with Crippen LogP contribution in [0.5, 0.6) is 0 Å². The van der Waals surface area contributed by atoms with E-state index in [-0.39, 0.29) is 17.0 Å². The predicted molar refractivity (Wildman–Crippen MR) is 109 cm³/mol. The maximum Gasteiger partial charge on any atom is 0.255 e. The summed E-state index contributed by atoms with van der Waals surface area (Å²) >= 11 is 7.44. The topological polar surface area (TPSA) is 75.3 Å². The second-order valence-electron chi connectivity index (χ2n) is 5.85. The highest BCUT2D eigenvalue weighted by atomic mass is 35.5.